The van der Waals surface area contributed by atoms with Crippen molar-refractivity contribution >= 4 is 23.3 Å². The Kier molecular flexibility index (Phi) is 4.66. The van der Waals surface area contributed by atoms with Gasteiger partial charge in [0.25, 0.3) is 5.91 Å². The molecule has 1 unspecified atom stereocenters. The Morgan fingerprint density at radius 1 is 1.11 bits per heavy atom. The maximum atomic E-state index is 12.7. The molecule has 0 N–H and O–H groups in total. The minimum Gasteiger partial charge on any atom is -0.478 e. The average molecular weight is 366 g/mol. The largest absolute Gasteiger partial charge is 0.478 e. The summed E-state index contributed by atoms with van der Waals surface area (Å²) in [5.74, 6) is 1.32. The summed E-state index contributed by atoms with van der Waals surface area (Å²) in [4.78, 5) is 35.2. The Balaban J connectivity index is 1.37. The van der Waals surface area contributed by atoms with Gasteiger partial charge in [0.15, 0.2) is 6.10 Å². The van der Waals surface area contributed by atoms with Crippen LogP contribution >= 0.6 is 0 Å². The zero-order valence-corrected chi connectivity index (χ0v) is 15.2. The predicted molar refractivity (Wildman–Crippen MR) is 102 cm³/mol. The van der Waals surface area contributed by atoms with E-state index in [9.17, 15) is 9.59 Å². The molecule has 3 heterocycles. The number of para-hydroxylation sites is 2. The van der Waals surface area contributed by atoms with Gasteiger partial charge < -0.3 is 19.4 Å². The van der Waals surface area contributed by atoms with Gasteiger partial charge in [-0.25, -0.2) is 4.98 Å². The fraction of sp³-hybridized carbons (Fsp3) is 0.350. The van der Waals surface area contributed by atoms with Gasteiger partial charge in [-0.2, -0.15) is 0 Å². The van der Waals surface area contributed by atoms with Crippen LogP contribution in [-0.4, -0.2) is 61.0 Å². The summed E-state index contributed by atoms with van der Waals surface area (Å²) in [7, 11) is 1.72. The van der Waals surface area contributed by atoms with Crippen LogP contribution in [-0.2, 0) is 9.59 Å². The molecule has 2 aliphatic heterocycles. The van der Waals surface area contributed by atoms with E-state index in [0.29, 0.717) is 18.8 Å². The first-order valence-corrected chi connectivity index (χ1v) is 9.10. The Morgan fingerprint density at radius 2 is 1.85 bits per heavy atom. The second-order valence-electron chi connectivity index (χ2n) is 6.73. The molecule has 0 spiro atoms. The number of hydrogen-bond acceptors (Lipinski definition) is 5. The van der Waals surface area contributed by atoms with E-state index in [-0.39, 0.29) is 18.2 Å². The molecule has 2 aromatic rings. The number of rotatable bonds is 3. The number of pyridine rings is 1. The summed E-state index contributed by atoms with van der Waals surface area (Å²) in [6.07, 6.45) is 1.06. The quantitative estimate of drug-likeness (QED) is 0.825. The molecule has 1 atom stereocenters. The SMILES string of the molecule is CN1C(=O)C(CC(=O)N2CCN(c3ccccn3)CC2)Oc2ccccc21. The number of piperazine rings is 1. The van der Waals surface area contributed by atoms with Gasteiger partial charge in [-0.1, -0.05) is 18.2 Å². The van der Waals surface area contributed by atoms with Crippen molar-refractivity contribution in [1.29, 1.82) is 0 Å². The molecule has 4 rings (SSSR count). The number of anilines is 2. The van der Waals surface area contributed by atoms with Gasteiger partial charge in [0, 0.05) is 39.4 Å². The van der Waals surface area contributed by atoms with Crippen molar-refractivity contribution in [2.75, 3.05) is 43.0 Å². The number of ether oxygens (including phenoxy) is 1. The van der Waals surface area contributed by atoms with E-state index in [0.717, 1.165) is 24.6 Å². The smallest absolute Gasteiger partial charge is 0.268 e. The van der Waals surface area contributed by atoms with Crippen LogP contribution in [0.25, 0.3) is 0 Å². The van der Waals surface area contributed by atoms with E-state index in [2.05, 4.69) is 9.88 Å². The monoisotopic (exact) mass is 366 g/mol. The number of nitrogens with zero attached hydrogens (tertiary/aromatic N) is 4. The van der Waals surface area contributed by atoms with Crippen LogP contribution in [0.1, 0.15) is 6.42 Å². The lowest BCUT2D eigenvalue weighted by molar-refractivity contribution is -0.138. The van der Waals surface area contributed by atoms with Gasteiger partial charge in [0.05, 0.1) is 12.1 Å². The van der Waals surface area contributed by atoms with E-state index >= 15 is 0 Å². The summed E-state index contributed by atoms with van der Waals surface area (Å²) in [6, 6.07) is 13.2. The molecule has 0 aliphatic carbocycles. The van der Waals surface area contributed by atoms with Crippen molar-refractivity contribution in [3.8, 4) is 5.75 Å². The van der Waals surface area contributed by atoms with Crippen LogP contribution in [0.5, 0.6) is 5.75 Å². The highest BCUT2D eigenvalue weighted by Gasteiger charge is 2.35. The summed E-state index contributed by atoms with van der Waals surface area (Å²) in [5, 5.41) is 0. The van der Waals surface area contributed by atoms with Gasteiger partial charge >= 0.3 is 0 Å². The Morgan fingerprint density at radius 3 is 2.59 bits per heavy atom. The van der Waals surface area contributed by atoms with Crippen LogP contribution in [0, 0.1) is 0 Å². The lowest BCUT2D eigenvalue weighted by Crippen LogP contribution is -2.51. The molecule has 2 amide bonds. The molecule has 140 valence electrons. The number of aromatic nitrogens is 1. The first kappa shape index (κ1) is 17.3. The molecule has 0 saturated carbocycles. The molecule has 1 aromatic heterocycles. The Bertz CT molecular complexity index is 834. The molecule has 1 saturated heterocycles. The molecule has 0 radical (unpaired) electrons. The van der Waals surface area contributed by atoms with E-state index in [4.69, 9.17) is 4.74 Å². The minimum atomic E-state index is -0.772. The fourth-order valence-corrected chi connectivity index (χ4v) is 3.51. The second-order valence-corrected chi connectivity index (χ2v) is 6.73. The van der Waals surface area contributed by atoms with E-state index in [1.165, 1.54) is 0 Å². The molecular formula is C20H22N4O3. The number of fused-ring (bicyclic) bond motifs is 1. The van der Waals surface area contributed by atoms with Crippen molar-refractivity contribution in [3.05, 3.63) is 48.7 Å². The second kappa shape index (κ2) is 7.26. The van der Waals surface area contributed by atoms with Crippen molar-refractivity contribution in [1.82, 2.24) is 9.88 Å². The molecule has 1 fully saturated rings. The van der Waals surface area contributed by atoms with Crippen LogP contribution in [0.2, 0.25) is 0 Å². The zero-order valence-electron chi connectivity index (χ0n) is 15.2. The van der Waals surface area contributed by atoms with Crippen molar-refractivity contribution in [2.45, 2.75) is 12.5 Å². The van der Waals surface area contributed by atoms with E-state index < -0.39 is 6.10 Å². The van der Waals surface area contributed by atoms with Gasteiger partial charge in [-0.3, -0.25) is 9.59 Å². The predicted octanol–water partition coefficient (Wildman–Crippen LogP) is 1.54. The Hall–Kier alpha value is -3.09. The number of carbonyl (C=O) groups excluding carboxylic acids is 2. The summed E-state index contributed by atoms with van der Waals surface area (Å²) in [6.45, 7) is 2.68. The molecule has 7 nitrogen and oxygen atoms in total. The number of likely N-dealkylation sites (N-methyl/N-ethyl adjacent to an activating group) is 1. The summed E-state index contributed by atoms with van der Waals surface area (Å²) >= 11 is 0. The molecular weight excluding hydrogens is 344 g/mol. The normalized spacial score (nSPS) is 19.5. The first-order chi connectivity index (χ1) is 13.1. The standard InChI is InChI=1S/C20H22N4O3/c1-22-15-6-2-3-7-16(15)27-17(20(22)26)14-19(25)24-12-10-23(11-13-24)18-8-4-5-9-21-18/h2-9,17H,10-14H2,1H3. The highest BCUT2D eigenvalue weighted by atomic mass is 16.5. The molecule has 27 heavy (non-hydrogen) atoms. The van der Waals surface area contributed by atoms with Crippen LogP contribution in [0.3, 0.4) is 0 Å². The number of amides is 2. The van der Waals surface area contributed by atoms with Crippen molar-refractivity contribution in [2.24, 2.45) is 0 Å². The molecule has 7 heteroatoms. The number of benzene rings is 1. The van der Waals surface area contributed by atoms with Gasteiger partial charge in [-0.15, -0.1) is 0 Å². The van der Waals surface area contributed by atoms with Crippen molar-refractivity contribution < 1.29 is 14.3 Å². The lowest BCUT2D eigenvalue weighted by atomic mass is 10.1. The average Bonchev–Trinajstić information content (AvgIpc) is 2.72. The summed E-state index contributed by atoms with van der Waals surface area (Å²) in [5.41, 5.74) is 0.732. The van der Waals surface area contributed by atoms with Crippen LogP contribution in [0.4, 0.5) is 11.5 Å². The van der Waals surface area contributed by atoms with Gasteiger partial charge in [-0.05, 0) is 24.3 Å². The molecule has 0 bridgehead atoms. The third-order valence-electron chi connectivity index (χ3n) is 5.07. The minimum absolute atomic E-state index is 0.0539. The van der Waals surface area contributed by atoms with Gasteiger partial charge in [0.1, 0.15) is 11.6 Å². The van der Waals surface area contributed by atoms with Crippen molar-refractivity contribution in [3.63, 3.8) is 0 Å². The fourth-order valence-electron chi connectivity index (χ4n) is 3.51. The maximum Gasteiger partial charge on any atom is 0.268 e. The van der Waals surface area contributed by atoms with E-state index in [1.807, 2.05) is 42.5 Å². The van der Waals surface area contributed by atoms with E-state index in [1.54, 1.807) is 23.0 Å². The third-order valence-corrected chi connectivity index (χ3v) is 5.07. The highest BCUT2D eigenvalue weighted by molar-refractivity contribution is 6.01. The maximum absolute atomic E-state index is 12.7. The van der Waals surface area contributed by atoms with Crippen LogP contribution in [0.15, 0.2) is 48.7 Å². The highest BCUT2D eigenvalue weighted by Crippen LogP contribution is 2.33. The first-order valence-electron chi connectivity index (χ1n) is 9.10. The molecule has 1 aromatic carbocycles. The van der Waals surface area contributed by atoms with Crippen LogP contribution < -0.4 is 14.5 Å². The zero-order chi connectivity index (χ0) is 18.8. The Labute approximate surface area is 158 Å². The summed E-state index contributed by atoms with van der Waals surface area (Å²) < 4.78 is 5.81. The third kappa shape index (κ3) is 3.45. The lowest BCUT2D eigenvalue weighted by Gasteiger charge is -2.37. The topological polar surface area (TPSA) is 66.0 Å². The number of hydrogen-bond donors (Lipinski definition) is 0. The van der Waals surface area contributed by atoms with Gasteiger partial charge in [0.2, 0.25) is 5.91 Å². The number of carbonyl (C=O) groups is 2. The molecule has 2 aliphatic rings.